The minimum Gasteiger partial charge on any atom is -0.299 e. The normalized spacial score (nSPS) is 17.1. The molecule has 4 rings (SSSR count). The zero-order valence-electron chi connectivity index (χ0n) is 15.0. The summed E-state index contributed by atoms with van der Waals surface area (Å²) < 4.78 is 0. The molecule has 2 heterocycles. The molecule has 0 radical (unpaired) electrons. The van der Waals surface area contributed by atoms with Gasteiger partial charge in [-0.05, 0) is 30.5 Å². The zero-order chi connectivity index (χ0) is 18.5. The maximum atomic E-state index is 12.8. The maximum absolute atomic E-state index is 12.8. The molecule has 1 saturated heterocycles. The van der Waals surface area contributed by atoms with Crippen LogP contribution in [-0.4, -0.2) is 33.6 Å². The molecule has 1 fully saturated rings. The number of likely N-dealkylation sites (tertiary alicyclic amines) is 1. The summed E-state index contributed by atoms with van der Waals surface area (Å²) in [7, 11) is 0. The summed E-state index contributed by atoms with van der Waals surface area (Å²) in [6.45, 7) is 1.75. The fraction of sp³-hybridized carbons (Fsp3) is 0.286. The summed E-state index contributed by atoms with van der Waals surface area (Å²) in [5, 5.41) is 12.8. The number of nitrogens with one attached hydrogen (secondary N) is 1. The van der Waals surface area contributed by atoms with E-state index in [1.54, 1.807) is 0 Å². The Balaban J connectivity index is 1.37. The first kappa shape index (κ1) is 17.8. The van der Waals surface area contributed by atoms with E-state index in [1.165, 1.54) is 22.5 Å². The summed E-state index contributed by atoms with van der Waals surface area (Å²) >= 11 is 1.45. The molecule has 0 aliphatic carbocycles. The van der Waals surface area contributed by atoms with Crippen LogP contribution in [0, 0.1) is 0 Å². The van der Waals surface area contributed by atoms with Crippen LogP contribution in [0.1, 0.15) is 29.0 Å². The van der Waals surface area contributed by atoms with Gasteiger partial charge in [-0.25, -0.2) is 0 Å². The van der Waals surface area contributed by atoms with Gasteiger partial charge in [0.05, 0.1) is 6.04 Å². The lowest BCUT2D eigenvalue weighted by atomic mass is 10.1. The molecule has 1 aromatic heterocycles. The van der Waals surface area contributed by atoms with Crippen LogP contribution in [-0.2, 0) is 17.8 Å². The van der Waals surface area contributed by atoms with Crippen LogP contribution < -0.4 is 5.32 Å². The number of carbonyl (C=O) groups is 1. The van der Waals surface area contributed by atoms with Gasteiger partial charge in [-0.2, -0.15) is 0 Å². The minimum atomic E-state index is -0.105. The van der Waals surface area contributed by atoms with Crippen LogP contribution >= 0.6 is 11.3 Å². The molecule has 6 heteroatoms. The van der Waals surface area contributed by atoms with Crippen molar-refractivity contribution in [2.24, 2.45) is 0 Å². The Kier molecular flexibility index (Phi) is 5.55. The smallest absolute Gasteiger partial charge is 0.243 e. The fourth-order valence-corrected chi connectivity index (χ4v) is 4.24. The number of aromatic nitrogens is 2. The largest absolute Gasteiger partial charge is 0.299 e. The Bertz CT molecular complexity index is 881. The van der Waals surface area contributed by atoms with Crippen molar-refractivity contribution in [2.75, 3.05) is 11.9 Å². The monoisotopic (exact) mass is 378 g/mol. The number of hydrogen-bond acceptors (Lipinski definition) is 5. The van der Waals surface area contributed by atoms with Crippen LogP contribution in [0.2, 0.25) is 0 Å². The second kappa shape index (κ2) is 8.41. The molecule has 1 N–H and O–H groups in total. The third-order valence-corrected chi connectivity index (χ3v) is 5.63. The summed E-state index contributed by atoms with van der Waals surface area (Å²) in [6.07, 6.45) is 2.66. The fourth-order valence-electron chi connectivity index (χ4n) is 3.46. The van der Waals surface area contributed by atoms with Crippen molar-refractivity contribution >= 4 is 22.4 Å². The lowest BCUT2D eigenvalue weighted by Gasteiger charge is -2.23. The predicted octanol–water partition coefficient (Wildman–Crippen LogP) is 3.73. The number of anilines is 1. The predicted molar refractivity (Wildman–Crippen MR) is 108 cm³/mol. The Morgan fingerprint density at radius 2 is 1.74 bits per heavy atom. The molecule has 0 bridgehead atoms. The Morgan fingerprint density at radius 1 is 1.04 bits per heavy atom. The molecule has 5 nitrogen and oxygen atoms in total. The first-order valence-electron chi connectivity index (χ1n) is 9.23. The van der Waals surface area contributed by atoms with E-state index < -0.39 is 0 Å². The highest BCUT2D eigenvalue weighted by molar-refractivity contribution is 7.15. The highest BCUT2D eigenvalue weighted by Gasteiger charge is 2.31. The van der Waals surface area contributed by atoms with Crippen molar-refractivity contribution in [3.63, 3.8) is 0 Å². The molecule has 1 atom stereocenters. The third-order valence-electron chi connectivity index (χ3n) is 4.79. The van der Waals surface area contributed by atoms with Crippen LogP contribution in [0.25, 0.3) is 0 Å². The lowest BCUT2D eigenvalue weighted by Crippen LogP contribution is -2.39. The van der Waals surface area contributed by atoms with Crippen molar-refractivity contribution in [1.82, 2.24) is 15.1 Å². The summed E-state index contributed by atoms with van der Waals surface area (Å²) in [6, 6.07) is 20.4. The van der Waals surface area contributed by atoms with Gasteiger partial charge in [0.1, 0.15) is 5.01 Å². The molecular formula is C21H22N4OS. The lowest BCUT2D eigenvalue weighted by molar-refractivity contribution is -0.120. The molecule has 0 saturated carbocycles. The zero-order valence-corrected chi connectivity index (χ0v) is 15.9. The van der Waals surface area contributed by atoms with Gasteiger partial charge in [-0.3, -0.25) is 15.0 Å². The van der Waals surface area contributed by atoms with Crippen LogP contribution in [0.5, 0.6) is 0 Å². The van der Waals surface area contributed by atoms with Gasteiger partial charge in [-0.15, -0.1) is 10.2 Å². The van der Waals surface area contributed by atoms with E-state index in [0.29, 0.717) is 5.13 Å². The van der Waals surface area contributed by atoms with Gasteiger partial charge in [0.25, 0.3) is 0 Å². The Labute approximate surface area is 163 Å². The molecule has 1 unspecified atom stereocenters. The molecule has 138 valence electrons. The number of amides is 1. The highest BCUT2D eigenvalue weighted by Crippen LogP contribution is 2.23. The minimum absolute atomic E-state index is 0.0193. The van der Waals surface area contributed by atoms with Crippen LogP contribution in [0.4, 0.5) is 5.13 Å². The molecule has 1 amide bonds. The van der Waals surface area contributed by atoms with E-state index in [0.717, 1.165) is 37.4 Å². The van der Waals surface area contributed by atoms with E-state index in [-0.39, 0.29) is 11.9 Å². The topological polar surface area (TPSA) is 58.1 Å². The average molecular weight is 379 g/mol. The van der Waals surface area contributed by atoms with Crippen LogP contribution in [0.15, 0.2) is 60.7 Å². The summed E-state index contributed by atoms with van der Waals surface area (Å²) in [5.74, 6) is 0.0193. The molecule has 1 aliphatic heterocycles. The molecule has 1 aliphatic rings. The summed E-state index contributed by atoms with van der Waals surface area (Å²) in [5.41, 5.74) is 2.43. The SMILES string of the molecule is O=C(Nc1nnc(Cc2ccccc2)s1)C1CCCN1Cc1ccccc1. The number of benzene rings is 2. The second-order valence-corrected chi connectivity index (χ2v) is 7.83. The standard InChI is InChI=1S/C21H22N4OS/c26-20(18-12-7-13-25(18)15-17-10-5-2-6-11-17)22-21-24-23-19(27-21)14-16-8-3-1-4-9-16/h1-6,8-11,18H,7,12-15H2,(H,22,24,26). The van der Waals surface area contributed by atoms with Gasteiger partial charge >= 0.3 is 0 Å². The molecule has 0 spiro atoms. The third kappa shape index (κ3) is 4.59. The highest BCUT2D eigenvalue weighted by atomic mass is 32.1. The second-order valence-electron chi connectivity index (χ2n) is 6.77. The average Bonchev–Trinajstić information content (AvgIpc) is 3.33. The van der Waals surface area contributed by atoms with Crippen molar-refractivity contribution in [1.29, 1.82) is 0 Å². The van der Waals surface area contributed by atoms with Crippen molar-refractivity contribution in [3.05, 3.63) is 76.8 Å². The molecule has 3 aromatic rings. The Morgan fingerprint density at radius 3 is 2.48 bits per heavy atom. The van der Waals surface area contributed by atoms with Gasteiger partial charge in [0, 0.05) is 13.0 Å². The molecule has 2 aromatic carbocycles. The van der Waals surface area contributed by atoms with Crippen molar-refractivity contribution < 1.29 is 4.79 Å². The van der Waals surface area contributed by atoms with E-state index in [4.69, 9.17) is 0 Å². The maximum Gasteiger partial charge on any atom is 0.243 e. The van der Waals surface area contributed by atoms with E-state index in [9.17, 15) is 4.79 Å². The van der Waals surface area contributed by atoms with Gasteiger partial charge in [0.2, 0.25) is 11.0 Å². The van der Waals surface area contributed by atoms with Crippen LogP contribution in [0.3, 0.4) is 0 Å². The van der Waals surface area contributed by atoms with Crippen molar-refractivity contribution in [2.45, 2.75) is 31.8 Å². The van der Waals surface area contributed by atoms with Gasteiger partial charge < -0.3 is 0 Å². The van der Waals surface area contributed by atoms with Crippen molar-refractivity contribution in [3.8, 4) is 0 Å². The first-order valence-corrected chi connectivity index (χ1v) is 10.0. The van der Waals surface area contributed by atoms with E-state index in [2.05, 4.69) is 44.7 Å². The number of carbonyl (C=O) groups excluding carboxylic acids is 1. The number of hydrogen-bond donors (Lipinski definition) is 1. The number of rotatable bonds is 6. The van der Waals surface area contributed by atoms with E-state index >= 15 is 0 Å². The summed E-state index contributed by atoms with van der Waals surface area (Å²) in [4.78, 5) is 15.0. The van der Waals surface area contributed by atoms with Gasteiger partial charge in [-0.1, -0.05) is 72.0 Å². The first-order chi connectivity index (χ1) is 13.3. The molecule has 27 heavy (non-hydrogen) atoms. The quantitative estimate of drug-likeness (QED) is 0.710. The number of nitrogens with zero attached hydrogens (tertiary/aromatic N) is 3. The molecular weight excluding hydrogens is 356 g/mol. The van der Waals surface area contributed by atoms with Gasteiger partial charge in [0.15, 0.2) is 0 Å². The van der Waals surface area contributed by atoms with E-state index in [1.807, 2.05) is 36.4 Å². The Hall–Kier alpha value is -2.57.